The lowest BCUT2D eigenvalue weighted by atomic mass is 10.3. The van der Waals surface area contributed by atoms with Gasteiger partial charge in [0.1, 0.15) is 17.3 Å². The monoisotopic (exact) mass is 237 g/mol. The van der Waals surface area contributed by atoms with Crippen molar-refractivity contribution in [3.05, 3.63) is 47.8 Å². The molecule has 2 rings (SSSR count). The van der Waals surface area contributed by atoms with Gasteiger partial charge in [0.25, 0.3) is 0 Å². The number of nitrogens with one attached hydrogen (secondary N) is 1. The summed E-state index contributed by atoms with van der Waals surface area (Å²) in [5.74, 6) is -1.18. The minimum Gasteiger partial charge on any atom is -0.375 e. The van der Waals surface area contributed by atoms with E-state index in [1.54, 1.807) is 10.9 Å². The van der Waals surface area contributed by atoms with E-state index in [0.717, 1.165) is 12.2 Å². The van der Waals surface area contributed by atoms with E-state index in [2.05, 4.69) is 10.4 Å². The van der Waals surface area contributed by atoms with E-state index in [1.165, 1.54) is 18.2 Å². The van der Waals surface area contributed by atoms with Gasteiger partial charge >= 0.3 is 0 Å². The highest BCUT2D eigenvalue weighted by atomic mass is 19.1. The number of para-hydroxylation sites is 1. The van der Waals surface area contributed by atoms with Gasteiger partial charge in [-0.05, 0) is 25.1 Å². The lowest BCUT2D eigenvalue weighted by Crippen LogP contribution is -2.09. The number of hydrogen-bond donors (Lipinski definition) is 1. The molecule has 0 unspecified atom stereocenters. The number of aromatic nitrogens is 2. The van der Waals surface area contributed by atoms with Crippen LogP contribution in [-0.4, -0.2) is 9.78 Å². The summed E-state index contributed by atoms with van der Waals surface area (Å²) in [7, 11) is 0. The third-order valence-electron chi connectivity index (χ3n) is 2.51. The van der Waals surface area contributed by atoms with Gasteiger partial charge in [-0.15, -0.1) is 0 Å². The summed E-state index contributed by atoms with van der Waals surface area (Å²) in [4.78, 5) is 0. The average Bonchev–Trinajstić information content (AvgIpc) is 2.76. The van der Waals surface area contributed by atoms with Crippen molar-refractivity contribution in [1.29, 1.82) is 0 Å². The Morgan fingerprint density at radius 2 is 1.94 bits per heavy atom. The van der Waals surface area contributed by atoms with Crippen molar-refractivity contribution in [2.75, 3.05) is 5.32 Å². The van der Waals surface area contributed by atoms with E-state index >= 15 is 0 Å². The van der Waals surface area contributed by atoms with Gasteiger partial charge in [-0.1, -0.05) is 6.07 Å². The third-order valence-corrected chi connectivity index (χ3v) is 2.51. The second kappa shape index (κ2) is 4.95. The molecular weight excluding hydrogens is 224 g/mol. The van der Waals surface area contributed by atoms with E-state index in [-0.39, 0.29) is 5.69 Å². The van der Waals surface area contributed by atoms with Gasteiger partial charge in [-0.3, -0.25) is 4.68 Å². The normalized spacial score (nSPS) is 10.5. The fraction of sp³-hybridized carbons (Fsp3) is 0.250. The maximum Gasteiger partial charge on any atom is 0.149 e. The Labute approximate surface area is 98.1 Å². The highest BCUT2D eigenvalue weighted by Gasteiger charge is 2.08. The molecule has 1 heterocycles. The molecule has 0 amide bonds. The molecule has 0 aliphatic carbocycles. The van der Waals surface area contributed by atoms with Gasteiger partial charge in [0.05, 0.1) is 12.2 Å². The Balaban J connectivity index is 2.13. The van der Waals surface area contributed by atoms with Gasteiger partial charge < -0.3 is 5.32 Å². The first-order chi connectivity index (χ1) is 8.22. The largest absolute Gasteiger partial charge is 0.375 e. The molecule has 5 heteroatoms. The van der Waals surface area contributed by atoms with E-state index in [0.29, 0.717) is 6.54 Å². The summed E-state index contributed by atoms with van der Waals surface area (Å²) >= 11 is 0. The molecule has 0 saturated carbocycles. The highest BCUT2D eigenvalue weighted by Crippen LogP contribution is 2.18. The maximum absolute atomic E-state index is 13.3. The molecule has 2 aromatic rings. The Hall–Kier alpha value is -1.91. The van der Waals surface area contributed by atoms with Crippen LogP contribution in [0.3, 0.4) is 0 Å². The van der Waals surface area contributed by atoms with Crippen LogP contribution in [0.15, 0.2) is 30.5 Å². The van der Waals surface area contributed by atoms with Crippen molar-refractivity contribution >= 4 is 5.69 Å². The molecule has 90 valence electrons. The smallest absolute Gasteiger partial charge is 0.149 e. The van der Waals surface area contributed by atoms with Crippen LogP contribution < -0.4 is 5.32 Å². The molecular formula is C12H13F2N3. The molecule has 1 aromatic heterocycles. The molecule has 0 spiro atoms. The molecule has 1 N–H and O–H groups in total. The minimum absolute atomic E-state index is 0.101. The van der Waals surface area contributed by atoms with Crippen LogP contribution in [0.5, 0.6) is 0 Å². The van der Waals surface area contributed by atoms with Crippen molar-refractivity contribution < 1.29 is 8.78 Å². The number of halogens is 2. The SMILES string of the molecule is CCn1nccc1CNc1c(F)cccc1F. The first-order valence-corrected chi connectivity index (χ1v) is 5.41. The zero-order valence-electron chi connectivity index (χ0n) is 9.45. The van der Waals surface area contributed by atoms with Crippen LogP contribution in [0.2, 0.25) is 0 Å². The van der Waals surface area contributed by atoms with Crippen LogP contribution in [-0.2, 0) is 13.1 Å². The molecule has 0 atom stereocenters. The number of hydrogen-bond acceptors (Lipinski definition) is 2. The summed E-state index contributed by atoms with van der Waals surface area (Å²) in [6.07, 6.45) is 1.66. The average molecular weight is 237 g/mol. The molecule has 0 aliphatic rings. The first-order valence-electron chi connectivity index (χ1n) is 5.41. The summed E-state index contributed by atoms with van der Waals surface area (Å²) in [5, 5.41) is 6.83. The molecule has 17 heavy (non-hydrogen) atoms. The molecule has 0 saturated heterocycles. The predicted octanol–water partition coefficient (Wildman–Crippen LogP) is 2.79. The van der Waals surface area contributed by atoms with Gasteiger partial charge in [0.15, 0.2) is 0 Å². The van der Waals surface area contributed by atoms with Crippen LogP contribution in [0.25, 0.3) is 0 Å². The number of aryl methyl sites for hydroxylation is 1. The molecule has 0 bridgehead atoms. The van der Waals surface area contributed by atoms with E-state index in [1.807, 2.05) is 13.0 Å². The van der Waals surface area contributed by atoms with Gasteiger partial charge in [0.2, 0.25) is 0 Å². The number of benzene rings is 1. The lowest BCUT2D eigenvalue weighted by Gasteiger charge is -2.09. The Bertz CT molecular complexity index is 488. The van der Waals surface area contributed by atoms with Gasteiger partial charge in [-0.2, -0.15) is 5.10 Å². The molecule has 0 radical (unpaired) electrons. The molecule has 3 nitrogen and oxygen atoms in total. The van der Waals surface area contributed by atoms with Crippen molar-refractivity contribution in [2.45, 2.75) is 20.0 Å². The third kappa shape index (κ3) is 2.43. The first kappa shape index (κ1) is 11.6. The summed E-state index contributed by atoms with van der Waals surface area (Å²) in [6, 6.07) is 5.60. The van der Waals surface area contributed by atoms with Crippen molar-refractivity contribution in [3.8, 4) is 0 Å². The zero-order chi connectivity index (χ0) is 12.3. The van der Waals surface area contributed by atoms with Gasteiger partial charge in [-0.25, -0.2) is 8.78 Å². The topological polar surface area (TPSA) is 29.9 Å². The lowest BCUT2D eigenvalue weighted by molar-refractivity contribution is 0.584. The Morgan fingerprint density at radius 1 is 1.24 bits per heavy atom. The van der Waals surface area contributed by atoms with Crippen LogP contribution in [0.1, 0.15) is 12.6 Å². The molecule has 1 aromatic carbocycles. The van der Waals surface area contributed by atoms with E-state index < -0.39 is 11.6 Å². The second-order valence-electron chi connectivity index (χ2n) is 3.59. The van der Waals surface area contributed by atoms with E-state index in [9.17, 15) is 8.78 Å². The fourth-order valence-corrected chi connectivity index (χ4v) is 1.64. The zero-order valence-corrected chi connectivity index (χ0v) is 9.45. The number of rotatable bonds is 4. The quantitative estimate of drug-likeness (QED) is 0.886. The van der Waals surface area contributed by atoms with Crippen LogP contribution >= 0.6 is 0 Å². The van der Waals surface area contributed by atoms with E-state index in [4.69, 9.17) is 0 Å². The predicted molar refractivity (Wildman–Crippen MR) is 61.6 cm³/mol. The summed E-state index contributed by atoms with van der Waals surface area (Å²) in [5.41, 5.74) is 0.784. The second-order valence-corrected chi connectivity index (χ2v) is 3.59. The highest BCUT2D eigenvalue weighted by molar-refractivity contribution is 5.46. The summed E-state index contributed by atoms with van der Waals surface area (Å²) < 4.78 is 28.4. The van der Waals surface area contributed by atoms with Crippen LogP contribution in [0.4, 0.5) is 14.5 Å². The van der Waals surface area contributed by atoms with Crippen molar-refractivity contribution in [3.63, 3.8) is 0 Å². The Kier molecular flexibility index (Phi) is 3.37. The fourth-order valence-electron chi connectivity index (χ4n) is 1.64. The summed E-state index contributed by atoms with van der Waals surface area (Å²) in [6.45, 7) is 3.02. The minimum atomic E-state index is -0.590. The Morgan fingerprint density at radius 3 is 2.59 bits per heavy atom. The molecule has 0 fully saturated rings. The van der Waals surface area contributed by atoms with Crippen molar-refractivity contribution in [2.24, 2.45) is 0 Å². The van der Waals surface area contributed by atoms with Crippen LogP contribution in [0, 0.1) is 11.6 Å². The standard InChI is InChI=1S/C12H13F2N3/c1-2-17-9(6-7-16-17)8-15-12-10(13)4-3-5-11(12)14/h3-7,15H,2,8H2,1H3. The maximum atomic E-state index is 13.3. The number of nitrogens with zero attached hydrogens (tertiary/aromatic N) is 2. The van der Waals surface area contributed by atoms with Gasteiger partial charge in [0, 0.05) is 12.7 Å². The van der Waals surface area contributed by atoms with Crippen molar-refractivity contribution in [1.82, 2.24) is 9.78 Å². The number of anilines is 1. The molecule has 0 aliphatic heterocycles.